The van der Waals surface area contributed by atoms with Gasteiger partial charge in [-0.3, -0.25) is 9.69 Å². The van der Waals surface area contributed by atoms with Crippen LogP contribution in [-0.4, -0.2) is 60.2 Å². The van der Waals surface area contributed by atoms with Crippen molar-refractivity contribution in [2.45, 2.75) is 26.6 Å². The van der Waals surface area contributed by atoms with E-state index in [1.807, 2.05) is 6.92 Å². The fraction of sp³-hybridized carbons (Fsp3) is 0.435. The number of aryl methyl sites for hydroxylation is 2. The first-order chi connectivity index (χ1) is 16.2. The predicted octanol–water partition coefficient (Wildman–Crippen LogP) is 4.00. The summed E-state index contributed by atoms with van der Waals surface area (Å²) < 4.78 is 43.5. The summed E-state index contributed by atoms with van der Waals surface area (Å²) in [4.78, 5) is 26.2. The summed E-state index contributed by atoms with van der Waals surface area (Å²) >= 11 is 1.63. The highest BCUT2D eigenvalue weighted by Crippen LogP contribution is 2.33. The summed E-state index contributed by atoms with van der Waals surface area (Å²) in [6, 6.07) is 4.16. The van der Waals surface area contributed by atoms with Crippen molar-refractivity contribution >= 4 is 33.3 Å². The number of aromatic nitrogens is 2. The highest BCUT2D eigenvalue weighted by molar-refractivity contribution is 7.18. The van der Waals surface area contributed by atoms with Gasteiger partial charge in [0.1, 0.15) is 16.5 Å². The van der Waals surface area contributed by atoms with Crippen LogP contribution in [0.25, 0.3) is 10.2 Å². The van der Waals surface area contributed by atoms with Crippen molar-refractivity contribution in [1.29, 1.82) is 0 Å². The molecule has 1 saturated heterocycles. The topological polar surface area (TPSA) is 79.4 Å². The van der Waals surface area contributed by atoms with Crippen molar-refractivity contribution in [3.8, 4) is 0 Å². The van der Waals surface area contributed by atoms with Crippen molar-refractivity contribution in [1.82, 2.24) is 20.2 Å². The molecule has 0 unspecified atom stereocenters. The van der Waals surface area contributed by atoms with Gasteiger partial charge in [-0.05, 0) is 43.7 Å². The standard InChI is InChI=1S/C23H26F3N5O2S/c1-14-15(2)34-22-19(14)20(29-18(30-22)13-31-9-11-33-12-10-31)27-7-8-28-21(32)16-3-5-17(6-4-16)23(24,25)26/h3-6H,7-13H2,1-2H3,(H,28,32)(H,27,29,30). The number of morpholine rings is 1. The van der Waals surface area contributed by atoms with Gasteiger partial charge in [0.25, 0.3) is 5.91 Å². The number of nitrogens with zero attached hydrogens (tertiary/aromatic N) is 3. The van der Waals surface area contributed by atoms with Gasteiger partial charge in [-0.15, -0.1) is 11.3 Å². The Labute approximate surface area is 199 Å². The molecule has 0 radical (unpaired) electrons. The molecule has 2 aromatic heterocycles. The maximum absolute atomic E-state index is 12.7. The highest BCUT2D eigenvalue weighted by Gasteiger charge is 2.30. The summed E-state index contributed by atoms with van der Waals surface area (Å²) in [5, 5.41) is 7.01. The molecule has 11 heteroatoms. The molecule has 34 heavy (non-hydrogen) atoms. The van der Waals surface area contributed by atoms with Gasteiger partial charge in [0, 0.05) is 36.6 Å². The molecule has 3 heterocycles. The molecule has 7 nitrogen and oxygen atoms in total. The molecule has 4 rings (SSSR count). The number of thiophene rings is 1. The van der Waals surface area contributed by atoms with Crippen molar-refractivity contribution in [2.24, 2.45) is 0 Å². The molecule has 0 bridgehead atoms. The smallest absolute Gasteiger partial charge is 0.379 e. The van der Waals surface area contributed by atoms with E-state index in [4.69, 9.17) is 14.7 Å². The lowest BCUT2D eigenvalue weighted by molar-refractivity contribution is -0.137. The lowest BCUT2D eigenvalue weighted by atomic mass is 10.1. The Kier molecular flexibility index (Phi) is 7.34. The van der Waals surface area contributed by atoms with Gasteiger partial charge in [0.05, 0.1) is 30.7 Å². The second-order valence-electron chi connectivity index (χ2n) is 8.10. The summed E-state index contributed by atoms with van der Waals surface area (Å²) in [6.07, 6.45) is -4.43. The number of carbonyl (C=O) groups is 1. The lowest BCUT2D eigenvalue weighted by Crippen LogP contribution is -2.36. The largest absolute Gasteiger partial charge is 0.416 e. The van der Waals surface area contributed by atoms with E-state index in [9.17, 15) is 18.0 Å². The number of fused-ring (bicyclic) bond motifs is 1. The van der Waals surface area contributed by atoms with Gasteiger partial charge in [0.15, 0.2) is 0 Å². The van der Waals surface area contributed by atoms with E-state index in [-0.39, 0.29) is 12.1 Å². The predicted molar refractivity (Wildman–Crippen MR) is 125 cm³/mol. The van der Waals surface area contributed by atoms with Crippen LogP contribution in [0.3, 0.4) is 0 Å². The van der Waals surface area contributed by atoms with Crippen LogP contribution in [0.2, 0.25) is 0 Å². The molecule has 1 amide bonds. The van der Waals surface area contributed by atoms with Gasteiger partial charge < -0.3 is 15.4 Å². The SMILES string of the molecule is Cc1sc2nc(CN3CCOCC3)nc(NCCNC(=O)c3ccc(C(F)(F)F)cc3)c2c1C. The first-order valence-corrected chi connectivity index (χ1v) is 11.8. The van der Waals surface area contributed by atoms with Crippen LogP contribution in [0.1, 0.15) is 32.2 Å². The number of hydrogen-bond acceptors (Lipinski definition) is 7. The number of ether oxygens (including phenoxy) is 1. The maximum atomic E-state index is 12.7. The quantitative estimate of drug-likeness (QED) is 0.485. The third-order valence-corrected chi connectivity index (χ3v) is 6.82. The zero-order chi connectivity index (χ0) is 24.3. The Bertz CT molecular complexity index is 1160. The van der Waals surface area contributed by atoms with E-state index in [1.165, 1.54) is 17.0 Å². The van der Waals surface area contributed by atoms with E-state index in [2.05, 4.69) is 22.5 Å². The molecule has 0 aliphatic carbocycles. The number of nitrogens with one attached hydrogen (secondary N) is 2. The fourth-order valence-corrected chi connectivity index (χ4v) is 4.77. The van der Waals surface area contributed by atoms with Crippen LogP contribution in [0.4, 0.5) is 19.0 Å². The number of benzene rings is 1. The molecule has 0 saturated carbocycles. The first kappa shape index (κ1) is 24.4. The van der Waals surface area contributed by atoms with Crippen LogP contribution in [0.5, 0.6) is 0 Å². The zero-order valence-electron chi connectivity index (χ0n) is 19.0. The van der Waals surface area contributed by atoms with Crippen LogP contribution in [0.15, 0.2) is 24.3 Å². The highest BCUT2D eigenvalue weighted by atomic mass is 32.1. The number of halogens is 3. The minimum Gasteiger partial charge on any atom is -0.379 e. The maximum Gasteiger partial charge on any atom is 0.416 e. The van der Waals surface area contributed by atoms with Crippen LogP contribution < -0.4 is 10.6 Å². The van der Waals surface area contributed by atoms with Crippen LogP contribution in [-0.2, 0) is 17.5 Å². The van der Waals surface area contributed by atoms with E-state index in [0.717, 1.165) is 52.6 Å². The monoisotopic (exact) mass is 493 g/mol. The minimum absolute atomic E-state index is 0.175. The zero-order valence-corrected chi connectivity index (χ0v) is 19.8. The van der Waals surface area contributed by atoms with Crippen molar-refractivity contribution in [2.75, 3.05) is 44.7 Å². The number of anilines is 1. The van der Waals surface area contributed by atoms with Crippen molar-refractivity contribution in [3.05, 3.63) is 51.7 Å². The molecule has 182 valence electrons. The lowest BCUT2D eigenvalue weighted by Gasteiger charge is -2.25. The molecule has 1 aliphatic heterocycles. The molecule has 2 N–H and O–H groups in total. The van der Waals surface area contributed by atoms with E-state index >= 15 is 0 Å². The van der Waals surface area contributed by atoms with E-state index in [0.29, 0.717) is 26.3 Å². The molecular weight excluding hydrogens is 467 g/mol. The Morgan fingerprint density at radius 2 is 1.82 bits per heavy atom. The molecule has 1 aromatic carbocycles. The number of alkyl halides is 3. The number of rotatable bonds is 7. The Balaban J connectivity index is 1.40. The summed E-state index contributed by atoms with van der Waals surface area (Å²) in [7, 11) is 0. The Hall–Kier alpha value is -2.76. The van der Waals surface area contributed by atoms with Gasteiger partial charge >= 0.3 is 6.18 Å². The number of amides is 1. The van der Waals surface area contributed by atoms with Crippen LogP contribution >= 0.6 is 11.3 Å². The molecule has 0 spiro atoms. The molecule has 1 aliphatic rings. The molecule has 1 fully saturated rings. The Morgan fingerprint density at radius 3 is 2.50 bits per heavy atom. The summed E-state index contributed by atoms with van der Waals surface area (Å²) in [5.41, 5.74) is 0.511. The summed E-state index contributed by atoms with van der Waals surface area (Å²) in [5.74, 6) is 1.02. The van der Waals surface area contributed by atoms with Gasteiger partial charge in [0.2, 0.25) is 0 Å². The summed E-state index contributed by atoms with van der Waals surface area (Å²) in [6.45, 7) is 8.48. The van der Waals surface area contributed by atoms with Crippen LogP contribution in [0, 0.1) is 13.8 Å². The average molecular weight is 494 g/mol. The first-order valence-electron chi connectivity index (χ1n) is 11.0. The third-order valence-electron chi connectivity index (χ3n) is 5.72. The van der Waals surface area contributed by atoms with Crippen molar-refractivity contribution < 1.29 is 22.7 Å². The molecular formula is C23H26F3N5O2S. The molecule has 0 atom stereocenters. The second kappa shape index (κ2) is 10.2. The normalized spacial score (nSPS) is 15.0. The fourth-order valence-electron chi connectivity index (χ4n) is 3.72. The van der Waals surface area contributed by atoms with Gasteiger partial charge in [-0.1, -0.05) is 0 Å². The number of carbonyl (C=O) groups excluding carboxylic acids is 1. The number of hydrogen-bond donors (Lipinski definition) is 2. The van der Waals surface area contributed by atoms with E-state index < -0.39 is 17.6 Å². The van der Waals surface area contributed by atoms with Gasteiger partial charge in [-0.25, -0.2) is 9.97 Å². The minimum atomic E-state index is -4.43. The van der Waals surface area contributed by atoms with Crippen molar-refractivity contribution in [3.63, 3.8) is 0 Å². The third kappa shape index (κ3) is 5.65. The second-order valence-corrected chi connectivity index (χ2v) is 9.30. The average Bonchev–Trinajstić information content (AvgIpc) is 3.10. The van der Waals surface area contributed by atoms with Gasteiger partial charge in [-0.2, -0.15) is 13.2 Å². The van der Waals surface area contributed by atoms with E-state index in [1.54, 1.807) is 11.3 Å². The molecule has 3 aromatic rings. The Morgan fingerprint density at radius 1 is 1.12 bits per heavy atom.